The van der Waals surface area contributed by atoms with Gasteiger partial charge in [0, 0.05) is 30.7 Å². The zero-order valence-corrected chi connectivity index (χ0v) is 12.0. The van der Waals surface area contributed by atoms with E-state index in [0.29, 0.717) is 29.5 Å². The molecule has 3 nitrogen and oxygen atoms in total. The molecule has 3 rings (SSSR count). The molecular formula is C16H20FN3. The number of nitrogens with one attached hydrogen (secondary N) is 1. The summed E-state index contributed by atoms with van der Waals surface area (Å²) in [6, 6.07) is 6.75. The smallest absolute Gasteiger partial charge is 0.129 e. The second-order valence-electron chi connectivity index (χ2n) is 6.48. The molecule has 2 saturated heterocycles. The van der Waals surface area contributed by atoms with Gasteiger partial charge >= 0.3 is 0 Å². The van der Waals surface area contributed by atoms with Crippen LogP contribution in [0, 0.1) is 29.0 Å². The lowest BCUT2D eigenvalue weighted by Gasteiger charge is -2.35. The van der Waals surface area contributed by atoms with E-state index in [1.54, 1.807) is 12.1 Å². The molecule has 0 aromatic heterocycles. The summed E-state index contributed by atoms with van der Waals surface area (Å²) in [6.07, 6.45) is 0. The van der Waals surface area contributed by atoms with Crippen LogP contribution in [0.1, 0.15) is 25.0 Å². The number of nitriles is 1. The third kappa shape index (κ3) is 2.11. The van der Waals surface area contributed by atoms with Gasteiger partial charge in [0.15, 0.2) is 0 Å². The minimum Gasteiger partial charge on any atom is -0.316 e. The molecular weight excluding hydrogens is 253 g/mol. The van der Waals surface area contributed by atoms with E-state index in [1.807, 2.05) is 6.07 Å². The summed E-state index contributed by atoms with van der Waals surface area (Å²) in [5, 5.41) is 12.2. The minimum atomic E-state index is -0.268. The fourth-order valence-electron chi connectivity index (χ4n) is 3.72. The van der Waals surface area contributed by atoms with Gasteiger partial charge < -0.3 is 5.32 Å². The lowest BCUT2D eigenvalue weighted by molar-refractivity contribution is 0.130. The predicted molar refractivity (Wildman–Crippen MR) is 75.5 cm³/mol. The molecule has 2 unspecified atom stereocenters. The number of hydrogen-bond acceptors (Lipinski definition) is 3. The maximum Gasteiger partial charge on any atom is 0.129 e. The van der Waals surface area contributed by atoms with Gasteiger partial charge in [-0.3, -0.25) is 4.90 Å². The van der Waals surface area contributed by atoms with Crippen molar-refractivity contribution in [3.05, 3.63) is 35.1 Å². The minimum absolute atomic E-state index is 0.0918. The molecule has 0 aliphatic carbocycles. The van der Waals surface area contributed by atoms with Gasteiger partial charge in [0.25, 0.3) is 0 Å². The number of likely N-dealkylation sites (tertiary alicyclic amines) is 1. The molecule has 1 aromatic rings. The van der Waals surface area contributed by atoms with E-state index < -0.39 is 0 Å². The number of benzene rings is 1. The highest BCUT2D eigenvalue weighted by molar-refractivity contribution is 5.33. The predicted octanol–water partition coefficient (Wildman–Crippen LogP) is 2.13. The van der Waals surface area contributed by atoms with Crippen LogP contribution in [0.3, 0.4) is 0 Å². The van der Waals surface area contributed by atoms with E-state index in [-0.39, 0.29) is 11.4 Å². The van der Waals surface area contributed by atoms with Gasteiger partial charge in [0.05, 0.1) is 11.6 Å². The lowest BCUT2D eigenvalue weighted by Crippen LogP contribution is -2.44. The molecule has 4 heteroatoms. The maximum atomic E-state index is 14.0. The molecule has 0 radical (unpaired) electrons. The fourth-order valence-corrected chi connectivity index (χ4v) is 3.72. The van der Waals surface area contributed by atoms with E-state index in [1.165, 1.54) is 6.07 Å². The Morgan fingerprint density at radius 1 is 1.45 bits per heavy atom. The van der Waals surface area contributed by atoms with Gasteiger partial charge in [0.2, 0.25) is 0 Å². The van der Waals surface area contributed by atoms with Crippen molar-refractivity contribution >= 4 is 0 Å². The van der Waals surface area contributed by atoms with Crippen molar-refractivity contribution in [2.75, 3.05) is 19.6 Å². The summed E-state index contributed by atoms with van der Waals surface area (Å²) in [5.74, 6) is 1.05. The van der Waals surface area contributed by atoms with Gasteiger partial charge in [0.1, 0.15) is 5.82 Å². The summed E-state index contributed by atoms with van der Waals surface area (Å²) < 4.78 is 14.0. The Morgan fingerprint density at radius 2 is 2.25 bits per heavy atom. The number of hydrogen-bond donors (Lipinski definition) is 1. The van der Waals surface area contributed by atoms with Crippen molar-refractivity contribution in [1.82, 2.24) is 10.2 Å². The molecule has 0 saturated carbocycles. The Bertz CT molecular complexity index is 561. The number of nitrogens with zero attached hydrogens (tertiary/aromatic N) is 2. The number of rotatable bonds is 2. The fraction of sp³-hybridized carbons (Fsp3) is 0.562. The Labute approximate surface area is 119 Å². The lowest BCUT2D eigenvalue weighted by atomic mass is 9.85. The van der Waals surface area contributed by atoms with E-state index >= 15 is 0 Å². The monoisotopic (exact) mass is 273 g/mol. The van der Waals surface area contributed by atoms with Crippen LogP contribution in [0.4, 0.5) is 4.39 Å². The van der Waals surface area contributed by atoms with Crippen molar-refractivity contribution in [2.24, 2.45) is 11.8 Å². The summed E-state index contributed by atoms with van der Waals surface area (Å²) in [7, 11) is 0. The van der Waals surface area contributed by atoms with Crippen LogP contribution in [-0.2, 0) is 6.54 Å². The van der Waals surface area contributed by atoms with Crippen LogP contribution in [0.5, 0.6) is 0 Å². The average Bonchev–Trinajstić information content (AvgIpc) is 2.96. The Hall–Kier alpha value is -1.44. The zero-order valence-electron chi connectivity index (χ0n) is 12.0. The molecule has 2 atom stereocenters. The molecule has 106 valence electrons. The number of fused-ring (bicyclic) bond motifs is 1. The van der Waals surface area contributed by atoms with E-state index in [0.717, 1.165) is 19.6 Å². The standard InChI is InChI=1S/C16H20FN3/c1-16(2)14-8-19-7-13(14)10-20(16)9-12-4-3-11(6-18)5-15(12)17/h3-5,13-14,19H,7-10H2,1-2H3. The van der Waals surface area contributed by atoms with Gasteiger partial charge in [-0.25, -0.2) is 4.39 Å². The normalized spacial score (nSPS) is 28.3. The van der Waals surface area contributed by atoms with Gasteiger partial charge in [-0.15, -0.1) is 0 Å². The molecule has 1 aromatic carbocycles. The average molecular weight is 273 g/mol. The van der Waals surface area contributed by atoms with Crippen molar-refractivity contribution in [3.63, 3.8) is 0 Å². The molecule has 2 heterocycles. The molecule has 0 amide bonds. The van der Waals surface area contributed by atoms with Crippen molar-refractivity contribution in [2.45, 2.75) is 25.9 Å². The zero-order chi connectivity index (χ0) is 14.3. The second-order valence-corrected chi connectivity index (χ2v) is 6.48. The van der Waals surface area contributed by atoms with Crippen molar-refractivity contribution < 1.29 is 4.39 Å². The van der Waals surface area contributed by atoms with Crippen LogP contribution < -0.4 is 5.32 Å². The highest BCUT2D eigenvalue weighted by Gasteiger charge is 2.49. The highest BCUT2D eigenvalue weighted by atomic mass is 19.1. The third-order valence-corrected chi connectivity index (χ3v) is 5.06. The topological polar surface area (TPSA) is 39.1 Å². The summed E-state index contributed by atoms with van der Waals surface area (Å²) in [6.45, 7) is 8.28. The number of halogens is 1. The van der Waals surface area contributed by atoms with Crippen molar-refractivity contribution in [3.8, 4) is 6.07 Å². The first-order valence-electron chi connectivity index (χ1n) is 7.16. The Balaban J connectivity index is 1.80. The first kappa shape index (κ1) is 13.5. The molecule has 1 N–H and O–H groups in total. The van der Waals surface area contributed by atoms with Crippen LogP contribution in [-0.4, -0.2) is 30.1 Å². The molecule has 2 aliphatic rings. The van der Waals surface area contributed by atoms with Gasteiger partial charge in [-0.2, -0.15) is 5.26 Å². The molecule has 2 aliphatic heterocycles. The van der Waals surface area contributed by atoms with Crippen LogP contribution in [0.15, 0.2) is 18.2 Å². The molecule has 20 heavy (non-hydrogen) atoms. The van der Waals surface area contributed by atoms with E-state index in [2.05, 4.69) is 24.1 Å². The van der Waals surface area contributed by atoms with Crippen molar-refractivity contribution in [1.29, 1.82) is 5.26 Å². The van der Waals surface area contributed by atoms with Crippen LogP contribution in [0.25, 0.3) is 0 Å². The van der Waals surface area contributed by atoms with Gasteiger partial charge in [-0.05, 0) is 44.4 Å². The van der Waals surface area contributed by atoms with E-state index in [9.17, 15) is 4.39 Å². The second kappa shape index (κ2) is 4.83. The highest BCUT2D eigenvalue weighted by Crippen LogP contribution is 2.41. The molecule has 0 spiro atoms. The summed E-state index contributed by atoms with van der Waals surface area (Å²) >= 11 is 0. The SMILES string of the molecule is CC1(C)C2CNCC2CN1Cc1ccc(C#N)cc1F. The largest absolute Gasteiger partial charge is 0.316 e. The first-order valence-corrected chi connectivity index (χ1v) is 7.16. The summed E-state index contributed by atoms with van der Waals surface area (Å²) in [5.41, 5.74) is 1.16. The Morgan fingerprint density at radius 3 is 2.90 bits per heavy atom. The molecule has 0 bridgehead atoms. The first-order chi connectivity index (χ1) is 9.52. The van der Waals surface area contributed by atoms with E-state index in [4.69, 9.17) is 5.26 Å². The third-order valence-electron chi connectivity index (χ3n) is 5.06. The summed E-state index contributed by atoms with van der Waals surface area (Å²) in [4.78, 5) is 2.38. The Kier molecular flexibility index (Phi) is 3.27. The van der Waals surface area contributed by atoms with Crippen LogP contribution in [0.2, 0.25) is 0 Å². The maximum absolute atomic E-state index is 14.0. The quantitative estimate of drug-likeness (QED) is 0.897. The van der Waals surface area contributed by atoms with Crippen LogP contribution >= 0.6 is 0 Å². The van der Waals surface area contributed by atoms with Gasteiger partial charge in [-0.1, -0.05) is 6.07 Å². The molecule has 2 fully saturated rings.